The minimum absolute atomic E-state index is 0.239. The van der Waals surface area contributed by atoms with Crippen molar-refractivity contribution < 1.29 is 36.3 Å². The molecule has 1 aliphatic carbocycles. The number of carbonyl (C=O) groups is 3. The third kappa shape index (κ3) is 6.65. The van der Waals surface area contributed by atoms with Crippen molar-refractivity contribution in [2.45, 2.75) is 29.5 Å². The van der Waals surface area contributed by atoms with E-state index >= 15 is 0 Å². The van der Waals surface area contributed by atoms with Gasteiger partial charge in [0.2, 0.25) is 11.7 Å². The number of ketones is 2. The predicted molar refractivity (Wildman–Crippen MR) is 146 cm³/mol. The van der Waals surface area contributed by atoms with Crippen molar-refractivity contribution in [2.75, 3.05) is 5.32 Å². The molecule has 3 aromatic carbocycles. The summed E-state index contributed by atoms with van der Waals surface area (Å²) in [7, 11) is 0. The lowest BCUT2D eigenvalue weighted by atomic mass is 9.97. The second-order valence-electron chi connectivity index (χ2n) is 9.18. The van der Waals surface area contributed by atoms with E-state index in [1.807, 2.05) is 0 Å². The number of benzene rings is 3. The number of nitrogens with one attached hydrogen (secondary N) is 1. The average Bonchev–Trinajstić information content (AvgIpc) is 3.46. The third-order valence-corrected chi connectivity index (χ3v) is 8.15. The van der Waals surface area contributed by atoms with E-state index < -0.39 is 92.1 Å². The van der Waals surface area contributed by atoms with Gasteiger partial charge in [0.15, 0.2) is 5.78 Å². The Morgan fingerprint density at radius 3 is 2.12 bits per heavy atom. The lowest BCUT2D eigenvalue weighted by Gasteiger charge is -2.12. The summed E-state index contributed by atoms with van der Waals surface area (Å²) in [6, 6.07) is 7.84. The molecular formula is C27H15Cl5F5NO3. The van der Waals surface area contributed by atoms with Crippen LogP contribution in [0, 0.1) is 23.4 Å². The number of anilines is 1. The number of hydrogen-bond donors (Lipinski definition) is 1. The molecule has 1 N–H and O–H groups in total. The third-order valence-electron chi connectivity index (χ3n) is 6.39. The van der Waals surface area contributed by atoms with Crippen molar-refractivity contribution >= 4 is 81.2 Å². The molecule has 2 atom stereocenters. The summed E-state index contributed by atoms with van der Waals surface area (Å²) >= 11 is 30.6. The molecule has 0 bridgehead atoms. The molecule has 1 fully saturated rings. The lowest BCUT2D eigenvalue weighted by Crippen LogP contribution is -2.18. The average molecular weight is 674 g/mol. The number of rotatable bonds is 9. The maximum atomic E-state index is 14.9. The van der Waals surface area contributed by atoms with Gasteiger partial charge in [-0.05, 0) is 47.5 Å². The largest absolute Gasteiger partial charge is 0.326 e. The molecule has 1 aliphatic rings. The highest BCUT2D eigenvalue weighted by molar-refractivity contribution is 6.53. The van der Waals surface area contributed by atoms with Gasteiger partial charge in [0.1, 0.15) is 21.8 Å². The van der Waals surface area contributed by atoms with Crippen LogP contribution in [-0.2, 0) is 22.4 Å². The second kappa shape index (κ2) is 12.1. The molecule has 0 spiro atoms. The molecule has 0 aromatic heterocycles. The number of carbonyl (C=O) groups excluding carboxylic acids is 3. The van der Waals surface area contributed by atoms with E-state index in [4.69, 9.17) is 58.0 Å². The van der Waals surface area contributed by atoms with Gasteiger partial charge in [-0.2, -0.15) is 0 Å². The molecule has 1 saturated carbocycles. The number of Topliss-reactive ketones (excluding diaryl/α,β-unsaturated/α-hetero) is 2. The quantitative estimate of drug-likeness (QED) is 0.141. The highest BCUT2D eigenvalue weighted by atomic mass is 35.5. The Balaban J connectivity index is 1.57. The van der Waals surface area contributed by atoms with E-state index in [1.165, 1.54) is 18.2 Å². The first-order valence-corrected chi connectivity index (χ1v) is 13.4. The Kier molecular flexibility index (Phi) is 9.26. The van der Waals surface area contributed by atoms with Crippen LogP contribution in [0.25, 0.3) is 0 Å². The van der Waals surface area contributed by atoms with Gasteiger partial charge < -0.3 is 5.32 Å². The molecule has 41 heavy (non-hydrogen) atoms. The summed E-state index contributed by atoms with van der Waals surface area (Å²) in [5.41, 5.74) is -1.69. The summed E-state index contributed by atoms with van der Waals surface area (Å²) in [6.45, 7) is 0. The Morgan fingerprint density at radius 2 is 1.51 bits per heavy atom. The van der Waals surface area contributed by atoms with Gasteiger partial charge in [0.25, 0.3) is 6.43 Å². The maximum absolute atomic E-state index is 14.9. The van der Waals surface area contributed by atoms with Crippen LogP contribution < -0.4 is 5.32 Å². The fourth-order valence-corrected chi connectivity index (χ4v) is 5.96. The first-order valence-electron chi connectivity index (χ1n) is 11.5. The molecule has 216 valence electrons. The first kappa shape index (κ1) is 31.5. The van der Waals surface area contributed by atoms with E-state index in [9.17, 15) is 36.3 Å². The van der Waals surface area contributed by atoms with Crippen LogP contribution >= 0.6 is 58.0 Å². The molecule has 14 heteroatoms. The molecule has 3 aromatic rings. The van der Waals surface area contributed by atoms with Crippen LogP contribution in [-0.4, -0.2) is 28.2 Å². The normalized spacial score (nSPS) is 17.4. The summed E-state index contributed by atoms with van der Waals surface area (Å²) in [6.07, 6.45) is -5.41. The lowest BCUT2D eigenvalue weighted by molar-refractivity contribution is -0.128. The van der Waals surface area contributed by atoms with Gasteiger partial charge in [-0.15, -0.1) is 23.2 Å². The van der Waals surface area contributed by atoms with Gasteiger partial charge in [-0.1, -0.05) is 40.9 Å². The van der Waals surface area contributed by atoms with Crippen LogP contribution in [0.15, 0.2) is 42.5 Å². The molecule has 0 aliphatic heterocycles. The molecular weight excluding hydrogens is 659 g/mol. The van der Waals surface area contributed by atoms with Crippen molar-refractivity contribution in [3.05, 3.63) is 97.2 Å². The molecule has 1 amide bonds. The topological polar surface area (TPSA) is 63.2 Å². The first-order chi connectivity index (χ1) is 19.1. The fraction of sp³-hybridized carbons (Fsp3) is 0.222. The summed E-state index contributed by atoms with van der Waals surface area (Å²) in [5.74, 6) is -8.89. The van der Waals surface area contributed by atoms with Gasteiger partial charge in [0, 0.05) is 45.6 Å². The van der Waals surface area contributed by atoms with E-state index in [0.717, 1.165) is 18.2 Å². The number of halogens is 10. The van der Waals surface area contributed by atoms with Crippen molar-refractivity contribution in [1.29, 1.82) is 0 Å². The zero-order valence-corrected chi connectivity index (χ0v) is 24.0. The molecule has 4 rings (SSSR count). The van der Waals surface area contributed by atoms with E-state index in [2.05, 4.69) is 5.32 Å². The Bertz CT molecular complexity index is 1560. The molecule has 0 saturated heterocycles. The van der Waals surface area contributed by atoms with Gasteiger partial charge in [0.05, 0.1) is 10.9 Å². The number of amides is 1. The van der Waals surface area contributed by atoms with Crippen LogP contribution in [0.1, 0.15) is 33.0 Å². The second-order valence-corrected chi connectivity index (χ2v) is 11.9. The van der Waals surface area contributed by atoms with Gasteiger partial charge >= 0.3 is 0 Å². The zero-order valence-electron chi connectivity index (χ0n) is 20.2. The highest BCUT2D eigenvalue weighted by Gasteiger charge is 2.67. The molecule has 0 unspecified atom stereocenters. The standard InChI is InChI=1S/C27H15Cl5F5NO3/c28-12-3-11(4-13(29)6-12)21-22(27(21,31)32)26(41)38-14-7-16(23(30)18(34)8-14)19(39)9-15-17(33)2-1-10(24(15)35)5-20(40)25(36)37/h1-4,6-8,21-22,25H,5,9H2,(H,38,41)/t21-,22+/m0/s1. The van der Waals surface area contributed by atoms with Crippen LogP contribution in [0.4, 0.5) is 27.6 Å². The van der Waals surface area contributed by atoms with Gasteiger partial charge in [-0.25, -0.2) is 22.0 Å². The van der Waals surface area contributed by atoms with E-state index in [1.54, 1.807) is 0 Å². The number of alkyl halides is 4. The highest BCUT2D eigenvalue weighted by Crippen LogP contribution is 2.65. The van der Waals surface area contributed by atoms with Crippen LogP contribution in [0.2, 0.25) is 15.1 Å². The van der Waals surface area contributed by atoms with Gasteiger partial charge in [-0.3, -0.25) is 14.4 Å². The van der Waals surface area contributed by atoms with E-state index in [-0.39, 0.29) is 15.7 Å². The SMILES string of the molecule is O=C(Cc1c(F)ccc(CC(=O)C(F)F)c1F)c1cc(NC(=O)[C@H]2[C@H](c3cc(Cl)cc(Cl)c3)C2(Cl)Cl)cc(F)c1Cl. The monoisotopic (exact) mass is 671 g/mol. The summed E-state index contributed by atoms with van der Waals surface area (Å²) < 4.78 is 67.6. The Hall–Kier alpha value is -2.43. The van der Waals surface area contributed by atoms with Crippen molar-refractivity contribution in [3.63, 3.8) is 0 Å². The number of hydrogen-bond acceptors (Lipinski definition) is 3. The maximum Gasteiger partial charge on any atom is 0.296 e. The van der Waals surface area contributed by atoms with E-state index in [0.29, 0.717) is 11.6 Å². The molecule has 0 heterocycles. The Morgan fingerprint density at radius 1 is 0.878 bits per heavy atom. The molecule has 0 radical (unpaired) electrons. The van der Waals surface area contributed by atoms with Crippen molar-refractivity contribution in [2.24, 2.45) is 5.92 Å². The van der Waals surface area contributed by atoms with Crippen molar-refractivity contribution in [1.82, 2.24) is 0 Å². The zero-order chi connectivity index (χ0) is 30.4. The smallest absolute Gasteiger partial charge is 0.296 e. The summed E-state index contributed by atoms with van der Waals surface area (Å²) in [4.78, 5) is 37.3. The summed E-state index contributed by atoms with van der Waals surface area (Å²) in [5, 5.41) is 2.27. The van der Waals surface area contributed by atoms with Crippen LogP contribution in [0.5, 0.6) is 0 Å². The molecule has 4 nitrogen and oxygen atoms in total. The minimum atomic E-state index is -3.37. The fourth-order valence-electron chi connectivity index (χ4n) is 4.37. The predicted octanol–water partition coefficient (Wildman–Crippen LogP) is 8.39. The van der Waals surface area contributed by atoms with Crippen LogP contribution in [0.3, 0.4) is 0 Å². The Labute approximate surface area is 254 Å². The minimum Gasteiger partial charge on any atom is -0.326 e. The van der Waals surface area contributed by atoms with Crippen molar-refractivity contribution in [3.8, 4) is 0 Å².